The largest absolute Gasteiger partial charge is 0.367 e. The Bertz CT molecular complexity index is 649. The lowest BCUT2D eigenvalue weighted by atomic mass is 9.89. The van der Waals surface area contributed by atoms with Gasteiger partial charge in [-0.05, 0) is 67.1 Å². The van der Waals surface area contributed by atoms with Gasteiger partial charge >= 0.3 is 0 Å². The summed E-state index contributed by atoms with van der Waals surface area (Å²) >= 11 is 0. The number of carbonyl (C=O) groups excluding carboxylic acids is 1. The highest BCUT2D eigenvalue weighted by Crippen LogP contribution is 2.27. The fourth-order valence-electron chi connectivity index (χ4n) is 4.56. The minimum absolute atomic E-state index is 0.326. The van der Waals surface area contributed by atoms with Crippen molar-refractivity contribution in [1.82, 2.24) is 4.90 Å². The molecule has 1 aliphatic heterocycles. The van der Waals surface area contributed by atoms with E-state index in [2.05, 4.69) is 75.6 Å². The lowest BCUT2D eigenvalue weighted by Gasteiger charge is -2.32. The summed E-state index contributed by atoms with van der Waals surface area (Å²) in [5, 5.41) is 0. The van der Waals surface area contributed by atoms with Crippen molar-refractivity contribution in [2.24, 2.45) is 23.0 Å². The van der Waals surface area contributed by atoms with Gasteiger partial charge in [-0.15, -0.1) is 0 Å². The third kappa shape index (κ3) is 9.33. The van der Waals surface area contributed by atoms with Crippen LogP contribution in [0.2, 0.25) is 0 Å². The second-order valence-corrected chi connectivity index (χ2v) is 11.4. The second kappa shape index (κ2) is 12.0. The Hall–Kier alpha value is -1.39. The smallest absolute Gasteiger partial charge is 0.136 e. The molecule has 0 spiro atoms. The molecular formula is C27H47N3O. The van der Waals surface area contributed by atoms with Gasteiger partial charge in [-0.25, -0.2) is 0 Å². The third-order valence-electron chi connectivity index (χ3n) is 6.49. The van der Waals surface area contributed by atoms with Gasteiger partial charge < -0.3 is 20.3 Å². The molecule has 1 aromatic carbocycles. The van der Waals surface area contributed by atoms with Crippen molar-refractivity contribution in [3.63, 3.8) is 0 Å². The summed E-state index contributed by atoms with van der Waals surface area (Å²) in [4.78, 5) is 16.1. The summed E-state index contributed by atoms with van der Waals surface area (Å²) in [6, 6.07) is 9.58. The van der Waals surface area contributed by atoms with E-state index in [1.165, 1.54) is 30.5 Å². The van der Waals surface area contributed by atoms with E-state index in [9.17, 15) is 4.79 Å². The quantitative estimate of drug-likeness (QED) is 0.467. The van der Waals surface area contributed by atoms with Crippen molar-refractivity contribution in [2.45, 2.75) is 85.7 Å². The van der Waals surface area contributed by atoms with Crippen molar-refractivity contribution in [1.29, 1.82) is 0 Å². The average Bonchev–Trinajstić information content (AvgIpc) is 3.14. The monoisotopic (exact) mass is 429 g/mol. The molecule has 0 aliphatic carbocycles. The van der Waals surface area contributed by atoms with E-state index < -0.39 is 0 Å². The topological polar surface area (TPSA) is 49.6 Å². The number of nitrogens with two attached hydrogens (primary N) is 1. The molecule has 1 fully saturated rings. The SMILES string of the molecule is CC(C)CCN(c1ccc(CCC(C)(C)C)cc1)C1CCN(CC(C)CC(N)C=O)C1. The van der Waals surface area contributed by atoms with E-state index in [0.29, 0.717) is 23.3 Å². The predicted molar refractivity (Wildman–Crippen MR) is 134 cm³/mol. The average molecular weight is 430 g/mol. The molecule has 2 N–H and O–H groups in total. The van der Waals surface area contributed by atoms with E-state index >= 15 is 0 Å². The van der Waals surface area contributed by atoms with Crippen molar-refractivity contribution in [3.8, 4) is 0 Å². The Kier molecular flexibility index (Phi) is 10.0. The maximum Gasteiger partial charge on any atom is 0.136 e. The molecule has 176 valence electrons. The van der Waals surface area contributed by atoms with Crippen LogP contribution in [0.3, 0.4) is 0 Å². The Morgan fingerprint density at radius 3 is 2.45 bits per heavy atom. The molecule has 0 bridgehead atoms. The summed E-state index contributed by atoms with van der Waals surface area (Å²) < 4.78 is 0. The first kappa shape index (κ1) is 25.9. The highest BCUT2D eigenvalue weighted by molar-refractivity contribution is 5.56. The van der Waals surface area contributed by atoms with Crippen LogP contribution in [-0.2, 0) is 11.2 Å². The maximum atomic E-state index is 10.9. The van der Waals surface area contributed by atoms with Gasteiger partial charge in [-0.3, -0.25) is 0 Å². The highest BCUT2D eigenvalue weighted by atomic mass is 16.1. The van der Waals surface area contributed by atoms with Gasteiger partial charge in [0.05, 0.1) is 6.04 Å². The summed E-state index contributed by atoms with van der Waals surface area (Å²) in [5.41, 5.74) is 9.01. The Balaban J connectivity index is 2.01. The van der Waals surface area contributed by atoms with Crippen LogP contribution >= 0.6 is 0 Å². The van der Waals surface area contributed by atoms with E-state index in [1.54, 1.807) is 0 Å². The number of rotatable bonds is 12. The molecule has 4 nitrogen and oxygen atoms in total. The number of likely N-dealkylation sites (tertiary alicyclic amines) is 1. The van der Waals surface area contributed by atoms with Gasteiger partial charge in [0.2, 0.25) is 0 Å². The molecule has 0 radical (unpaired) electrons. The molecule has 1 heterocycles. The number of benzene rings is 1. The molecule has 1 aromatic rings. The van der Waals surface area contributed by atoms with Crippen LogP contribution in [0.5, 0.6) is 0 Å². The van der Waals surface area contributed by atoms with Gasteiger partial charge in [-0.2, -0.15) is 0 Å². The third-order valence-corrected chi connectivity index (χ3v) is 6.49. The van der Waals surface area contributed by atoms with Crippen molar-refractivity contribution in [3.05, 3.63) is 29.8 Å². The number of anilines is 1. The van der Waals surface area contributed by atoms with E-state index in [0.717, 1.165) is 45.3 Å². The van der Waals surface area contributed by atoms with Gasteiger partial charge in [0.25, 0.3) is 0 Å². The zero-order chi connectivity index (χ0) is 23.0. The molecule has 2 rings (SSSR count). The van der Waals surface area contributed by atoms with Gasteiger partial charge in [0.1, 0.15) is 6.29 Å². The molecule has 0 amide bonds. The number of hydrogen-bond acceptors (Lipinski definition) is 4. The zero-order valence-corrected chi connectivity index (χ0v) is 20.9. The summed E-state index contributed by atoms with van der Waals surface area (Å²) in [6.45, 7) is 18.2. The molecule has 3 atom stereocenters. The highest BCUT2D eigenvalue weighted by Gasteiger charge is 2.29. The minimum Gasteiger partial charge on any atom is -0.367 e. The van der Waals surface area contributed by atoms with Crippen LogP contribution in [0, 0.1) is 17.3 Å². The molecule has 0 aromatic heterocycles. The number of aryl methyl sites for hydroxylation is 1. The Morgan fingerprint density at radius 2 is 1.87 bits per heavy atom. The normalized spacial score (nSPS) is 19.5. The van der Waals surface area contributed by atoms with Gasteiger partial charge in [0, 0.05) is 37.9 Å². The summed E-state index contributed by atoms with van der Waals surface area (Å²) in [6.07, 6.45) is 6.43. The van der Waals surface area contributed by atoms with Crippen molar-refractivity contribution in [2.75, 3.05) is 31.1 Å². The molecule has 3 unspecified atom stereocenters. The number of nitrogens with zero attached hydrogens (tertiary/aromatic N) is 2. The van der Waals surface area contributed by atoms with Crippen LogP contribution in [0.4, 0.5) is 5.69 Å². The lowest BCUT2D eigenvalue weighted by molar-refractivity contribution is -0.109. The summed E-state index contributed by atoms with van der Waals surface area (Å²) in [7, 11) is 0. The molecule has 1 saturated heterocycles. The van der Waals surface area contributed by atoms with E-state index in [-0.39, 0.29) is 6.04 Å². The van der Waals surface area contributed by atoms with Crippen molar-refractivity contribution >= 4 is 12.0 Å². The first-order valence-corrected chi connectivity index (χ1v) is 12.4. The second-order valence-electron chi connectivity index (χ2n) is 11.4. The lowest BCUT2D eigenvalue weighted by Crippen LogP contribution is -2.39. The maximum absolute atomic E-state index is 10.9. The van der Waals surface area contributed by atoms with Crippen LogP contribution in [0.25, 0.3) is 0 Å². The van der Waals surface area contributed by atoms with Gasteiger partial charge in [0.15, 0.2) is 0 Å². The van der Waals surface area contributed by atoms with Crippen molar-refractivity contribution < 1.29 is 4.79 Å². The standard InChI is InChI=1S/C27H47N3O/c1-21(2)12-16-30(25-9-7-23(8-10-25)11-14-27(4,5)6)26-13-15-29(19-26)18-22(3)17-24(28)20-31/h7-10,20-22,24,26H,11-19,28H2,1-6H3. The number of aldehydes is 1. The predicted octanol–water partition coefficient (Wildman–Crippen LogP) is 5.14. The fraction of sp³-hybridized carbons (Fsp3) is 0.741. The number of carbonyl (C=O) groups is 1. The molecule has 31 heavy (non-hydrogen) atoms. The Morgan fingerprint density at radius 1 is 1.19 bits per heavy atom. The first-order valence-electron chi connectivity index (χ1n) is 12.4. The minimum atomic E-state index is -0.326. The van der Waals surface area contributed by atoms with E-state index in [4.69, 9.17) is 5.73 Å². The number of hydrogen-bond donors (Lipinski definition) is 1. The molecule has 4 heteroatoms. The first-order chi connectivity index (χ1) is 14.6. The summed E-state index contributed by atoms with van der Waals surface area (Å²) in [5.74, 6) is 1.15. The van der Waals surface area contributed by atoms with Crippen LogP contribution < -0.4 is 10.6 Å². The van der Waals surface area contributed by atoms with Crippen LogP contribution in [0.1, 0.15) is 72.8 Å². The van der Waals surface area contributed by atoms with Crippen LogP contribution in [-0.4, -0.2) is 49.4 Å². The van der Waals surface area contributed by atoms with E-state index in [1.807, 2.05) is 0 Å². The molecular weight excluding hydrogens is 382 g/mol. The Labute approximate surface area is 191 Å². The molecule has 1 aliphatic rings. The molecule has 0 saturated carbocycles. The van der Waals surface area contributed by atoms with Crippen LogP contribution in [0.15, 0.2) is 24.3 Å². The van der Waals surface area contributed by atoms with Gasteiger partial charge in [-0.1, -0.05) is 53.7 Å². The zero-order valence-electron chi connectivity index (χ0n) is 20.9. The fourth-order valence-corrected chi connectivity index (χ4v) is 4.56.